The van der Waals surface area contributed by atoms with Crippen molar-refractivity contribution in [1.82, 2.24) is 5.32 Å². The van der Waals surface area contributed by atoms with Crippen molar-refractivity contribution in [2.45, 2.75) is 25.8 Å². The second kappa shape index (κ2) is 6.55. The molecule has 0 aliphatic rings. The Hall–Kier alpha value is -0.350. The van der Waals surface area contributed by atoms with Gasteiger partial charge in [0.15, 0.2) is 0 Å². The maximum absolute atomic E-state index is 6.20. The smallest absolute Gasteiger partial charge is 0.0561 e. The molecule has 0 bridgehead atoms. The molecule has 0 saturated carbocycles. The Kier molecular flexibility index (Phi) is 5.04. The fourth-order valence-electron chi connectivity index (χ4n) is 1.87. The zero-order chi connectivity index (χ0) is 12.1. The highest BCUT2D eigenvalue weighted by Gasteiger charge is 2.15. The highest BCUT2D eigenvalue weighted by atomic mass is 35.5. The molecule has 17 heavy (non-hydrogen) atoms. The van der Waals surface area contributed by atoms with Crippen LogP contribution in [0.2, 0.25) is 5.02 Å². The van der Waals surface area contributed by atoms with Gasteiger partial charge in [-0.1, -0.05) is 18.5 Å². The molecule has 1 N–H and O–H groups in total. The third-order valence-electron chi connectivity index (χ3n) is 2.71. The predicted molar refractivity (Wildman–Crippen MR) is 78.4 cm³/mol. The summed E-state index contributed by atoms with van der Waals surface area (Å²) >= 11 is 9.71. The molecule has 2 aromatic rings. The largest absolute Gasteiger partial charge is 0.309 e. The zero-order valence-electron chi connectivity index (χ0n) is 9.78. The van der Waals surface area contributed by atoms with Gasteiger partial charge in [0, 0.05) is 10.9 Å². The lowest BCUT2D eigenvalue weighted by atomic mass is 10.1. The Morgan fingerprint density at radius 1 is 1.35 bits per heavy atom. The molecule has 0 aromatic carbocycles. The van der Waals surface area contributed by atoms with Gasteiger partial charge in [-0.25, -0.2) is 0 Å². The molecule has 1 atom stereocenters. The summed E-state index contributed by atoms with van der Waals surface area (Å²) in [4.78, 5) is 1.27. The summed E-state index contributed by atoms with van der Waals surface area (Å²) in [7, 11) is 0. The van der Waals surface area contributed by atoms with Crippen LogP contribution in [0.4, 0.5) is 0 Å². The first kappa shape index (κ1) is 13.1. The van der Waals surface area contributed by atoms with E-state index in [9.17, 15) is 0 Å². The first-order valence-electron chi connectivity index (χ1n) is 5.78. The van der Waals surface area contributed by atoms with Gasteiger partial charge in [-0.3, -0.25) is 0 Å². The van der Waals surface area contributed by atoms with Crippen molar-refractivity contribution in [3.05, 3.63) is 43.7 Å². The van der Waals surface area contributed by atoms with Crippen LogP contribution >= 0.6 is 34.3 Å². The number of hydrogen-bond donors (Lipinski definition) is 1. The van der Waals surface area contributed by atoms with Crippen LogP contribution < -0.4 is 5.32 Å². The average Bonchev–Trinajstić information content (AvgIpc) is 2.95. The van der Waals surface area contributed by atoms with E-state index in [1.807, 2.05) is 6.07 Å². The van der Waals surface area contributed by atoms with Crippen molar-refractivity contribution in [3.63, 3.8) is 0 Å². The average molecular weight is 286 g/mol. The van der Waals surface area contributed by atoms with Crippen LogP contribution in [0.5, 0.6) is 0 Å². The van der Waals surface area contributed by atoms with Crippen molar-refractivity contribution in [3.8, 4) is 0 Å². The molecule has 2 aromatic heterocycles. The molecule has 92 valence electrons. The Balaban J connectivity index is 2.00. The van der Waals surface area contributed by atoms with Crippen molar-refractivity contribution >= 4 is 34.3 Å². The Bertz CT molecular complexity index is 436. The Morgan fingerprint density at radius 3 is 2.82 bits per heavy atom. The molecule has 0 fully saturated rings. The Labute approximate surface area is 115 Å². The SMILES string of the molecule is CCNC(CCc1ccsc1)c1sccc1Cl. The second-order valence-corrected chi connectivity index (χ2v) is 6.05. The van der Waals surface area contributed by atoms with Crippen LogP contribution in [0.15, 0.2) is 28.3 Å². The molecule has 0 aliphatic carbocycles. The summed E-state index contributed by atoms with van der Waals surface area (Å²) in [5.74, 6) is 0. The first-order chi connectivity index (χ1) is 8.31. The third kappa shape index (κ3) is 3.55. The lowest BCUT2D eigenvalue weighted by molar-refractivity contribution is 0.523. The molecule has 2 heterocycles. The maximum Gasteiger partial charge on any atom is 0.0561 e. The molecule has 1 unspecified atom stereocenters. The van der Waals surface area contributed by atoms with E-state index in [1.54, 1.807) is 22.7 Å². The van der Waals surface area contributed by atoms with Gasteiger partial charge in [-0.2, -0.15) is 11.3 Å². The predicted octanol–water partition coefficient (Wildman–Crippen LogP) is 4.75. The van der Waals surface area contributed by atoms with Gasteiger partial charge in [-0.05, 0) is 53.2 Å². The number of aryl methyl sites for hydroxylation is 1. The summed E-state index contributed by atoms with van der Waals surface area (Å²) in [6.45, 7) is 3.11. The van der Waals surface area contributed by atoms with E-state index < -0.39 is 0 Å². The first-order valence-corrected chi connectivity index (χ1v) is 7.98. The molecular weight excluding hydrogens is 270 g/mol. The minimum absolute atomic E-state index is 0.382. The molecule has 0 amide bonds. The topological polar surface area (TPSA) is 12.0 Å². The van der Waals surface area contributed by atoms with Gasteiger partial charge in [0.05, 0.1) is 5.02 Å². The lowest BCUT2D eigenvalue weighted by Gasteiger charge is -2.16. The van der Waals surface area contributed by atoms with E-state index in [4.69, 9.17) is 11.6 Å². The van der Waals surface area contributed by atoms with Gasteiger partial charge in [0.25, 0.3) is 0 Å². The summed E-state index contributed by atoms with van der Waals surface area (Å²) in [6, 6.07) is 4.56. The monoisotopic (exact) mass is 285 g/mol. The standard InChI is InChI=1S/C13H16ClNS2/c1-2-15-12(13-11(14)6-8-17-13)4-3-10-5-7-16-9-10/h5-9,12,15H,2-4H2,1H3. The summed E-state index contributed by atoms with van der Waals surface area (Å²) in [5.41, 5.74) is 1.42. The van der Waals surface area contributed by atoms with Crippen LogP contribution in [-0.4, -0.2) is 6.54 Å². The van der Waals surface area contributed by atoms with Crippen molar-refractivity contribution in [2.75, 3.05) is 6.54 Å². The van der Waals surface area contributed by atoms with Crippen LogP contribution in [0, 0.1) is 0 Å². The van der Waals surface area contributed by atoms with Gasteiger partial charge in [0.2, 0.25) is 0 Å². The normalized spacial score (nSPS) is 12.8. The lowest BCUT2D eigenvalue weighted by Crippen LogP contribution is -2.20. The van der Waals surface area contributed by atoms with E-state index in [0.29, 0.717) is 6.04 Å². The van der Waals surface area contributed by atoms with Crippen molar-refractivity contribution < 1.29 is 0 Å². The minimum Gasteiger partial charge on any atom is -0.309 e. The van der Waals surface area contributed by atoms with E-state index >= 15 is 0 Å². The molecule has 0 aliphatic heterocycles. The fourth-order valence-corrected chi connectivity index (χ4v) is 3.88. The molecule has 2 rings (SSSR count). The van der Waals surface area contributed by atoms with Crippen LogP contribution in [-0.2, 0) is 6.42 Å². The van der Waals surface area contributed by atoms with Crippen LogP contribution in [0.3, 0.4) is 0 Å². The van der Waals surface area contributed by atoms with E-state index in [2.05, 4.69) is 34.4 Å². The third-order valence-corrected chi connectivity index (χ3v) is 4.92. The highest BCUT2D eigenvalue weighted by Crippen LogP contribution is 2.31. The summed E-state index contributed by atoms with van der Waals surface area (Å²) in [5, 5.41) is 10.8. The highest BCUT2D eigenvalue weighted by molar-refractivity contribution is 7.10. The fraction of sp³-hybridized carbons (Fsp3) is 0.385. The zero-order valence-corrected chi connectivity index (χ0v) is 12.2. The van der Waals surface area contributed by atoms with Crippen LogP contribution in [0.1, 0.15) is 29.8 Å². The van der Waals surface area contributed by atoms with Gasteiger partial charge in [-0.15, -0.1) is 11.3 Å². The number of rotatable bonds is 6. The molecule has 0 saturated heterocycles. The van der Waals surface area contributed by atoms with Crippen molar-refractivity contribution in [1.29, 1.82) is 0 Å². The van der Waals surface area contributed by atoms with E-state index in [0.717, 1.165) is 24.4 Å². The number of thiophene rings is 2. The second-order valence-electron chi connectivity index (χ2n) is 3.91. The van der Waals surface area contributed by atoms with E-state index in [-0.39, 0.29) is 0 Å². The van der Waals surface area contributed by atoms with E-state index in [1.165, 1.54) is 10.4 Å². The van der Waals surface area contributed by atoms with Gasteiger partial charge in [0.1, 0.15) is 0 Å². The maximum atomic E-state index is 6.20. The number of hydrogen-bond acceptors (Lipinski definition) is 3. The molecular formula is C13H16ClNS2. The quantitative estimate of drug-likeness (QED) is 0.808. The van der Waals surface area contributed by atoms with Crippen molar-refractivity contribution in [2.24, 2.45) is 0 Å². The molecule has 0 radical (unpaired) electrons. The molecule has 1 nitrogen and oxygen atoms in total. The number of halogens is 1. The summed E-state index contributed by atoms with van der Waals surface area (Å²) < 4.78 is 0. The minimum atomic E-state index is 0.382. The van der Waals surface area contributed by atoms with Gasteiger partial charge >= 0.3 is 0 Å². The van der Waals surface area contributed by atoms with Gasteiger partial charge < -0.3 is 5.32 Å². The molecule has 4 heteroatoms. The Morgan fingerprint density at radius 2 is 2.24 bits per heavy atom. The number of nitrogens with one attached hydrogen (secondary N) is 1. The summed E-state index contributed by atoms with van der Waals surface area (Å²) in [6.07, 6.45) is 2.21. The molecule has 0 spiro atoms. The van der Waals surface area contributed by atoms with Crippen LogP contribution in [0.25, 0.3) is 0 Å².